The Hall–Kier alpha value is -2.70. The maximum Gasteiger partial charge on any atom is 0.271 e. The Bertz CT molecular complexity index is 727. The van der Waals surface area contributed by atoms with Crippen molar-refractivity contribution >= 4 is 22.9 Å². The third-order valence-electron chi connectivity index (χ3n) is 3.40. The lowest BCUT2D eigenvalue weighted by Crippen LogP contribution is -2.14. The summed E-state index contributed by atoms with van der Waals surface area (Å²) in [4.78, 5) is 20.3. The standard InChI is InChI=1S/C14H14N4O3/c1-2-7-17-13-8-10(18(19)20)3-4-12(13)16-14(17)9-11-5-6-15-21-11/h2-4,6,8,11H,1,5,7,9H2. The van der Waals surface area contributed by atoms with E-state index in [4.69, 9.17) is 4.84 Å². The van der Waals surface area contributed by atoms with Crippen LogP contribution in [-0.4, -0.2) is 26.8 Å². The fourth-order valence-corrected chi connectivity index (χ4v) is 2.42. The van der Waals surface area contributed by atoms with Crippen LogP contribution in [0.15, 0.2) is 36.0 Å². The van der Waals surface area contributed by atoms with Crippen LogP contribution in [0.2, 0.25) is 0 Å². The molecule has 3 rings (SSSR count). The van der Waals surface area contributed by atoms with Gasteiger partial charge < -0.3 is 9.40 Å². The molecule has 1 unspecified atom stereocenters. The van der Waals surface area contributed by atoms with Crippen LogP contribution in [0.25, 0.3) is 11.0 Å². The molecule has 108 valence electrons. The molecule has 21 heavy (non-hydrogen) atoms. The van der Waals surface area contributed by atoms with Gasteiger partial charge in [-0.3, -0.25) is 10.1 Å². The highest BCUT2D eigenvalue weighted by Gasteiger charge is 2.20. The highest BCUT2D eigenvalue weighted by atomic mass is 16.6. The number of allylic oxidation sites excluding steroid dienone is 1. The molecule has 0 bridgehead atoms. The predicted molar refractivity (Wildman–Crippen MR) is 78.3 cm³/mol. The summed E-state index contributed by atoms with van der Waals surface area (Å²) >= 11 is 0. The lowest BCUT2D eigenvalue weighted by Gasteiger charge is -2.09. The van der Waals surface area contributed by atoms with Crippen LogP contribution in [0.5, 0.6) is 0 Å². The van der Waals surface area contributed by atoms with E-state index in [-0.39, 0.29) is 11.8 Å². The zero-order chi connectivity index (χ0) is 14.8. The Balaban J connectivity index is 2.03. The van der Waals surface area contributed by atoms with Gasteiger partial charge in [0.25, 0.3) is 5.69 Å². The average Bonchev–Trinajstić information content (AvgIpc) is 3.08. The second kappa shape index (κ2) is 5.35. The number of oxime groups is 1. The molecule has 0 N–H and O–H groups in total. The molecular formula is C14H14N4O3. The largest absolute Gasteiger partial charge is 0.392 e. The van der Waals surface area contributed by atoms with Gasteiger partial charge >= 0.3 is 0 Å². The van der Waals surface area contributed by atoms with Gasteiger partial charge in [0.1, 0.15) is 11.9 Å². The molecule has 2 heterocycles. The van der Waals surface area contributed by atoms with Crippen molar-refractivity contribution in [1.82, 2.24) is 9.55 Å². The minimum Gasteiger partial charge on any atom is -0.392 e. The first-order chi connectivity index (χ1) is 10.2. The normalized spacial score (nSPS) is 17.0. The van der Waals surface area contributed by atoms with Crippen LogP contribution in [0.1, 0.15) is 12.2 Å². The molecular weight excluding hydrogens is 272 g/mol. The maximum atomic E-state index is 10.9. The minimum absolute atomic E-state index is 0.0274. The zero-order valence-corrected chi connectivity index (χ0v) is 11.3. The highest BCUT2D eigenvalue weighted by Crippen LogP contribution is 2.24. The van der Waals surface area contributed by atoms with Gasteiger partial charge in [-0.25, -0.2) is 4.98 Å². The number of fused-ring (bicyclic) bond motifs is 1. The molecule has 1 aromatic carbocycles. The van der Waals surface area contributed by atoms with Gasteiger partial charge in [0.15, 0.2) is 0 Å². The van der Waals surface area contributed by atoms with E-state index < -0.39 is 4.92 Å². The molecule has 1 aliphatic rings. The zero-order valence-electron chi connectivity index (χ0n) is 11.3. The summed E-state index contributed by atoms with van der Waals surface area (Å²) in [5.41, 5.74) is 1.52. The van der Waals surface area contributed by atoms with Crippen LogP contribution in [0.3, 0.4) is 0 Å². The molecule has 7 nitrogen and oxygen atoms in total. The predicted octanol–water partition coefficient (Wildman–Crippen LogP) is 2.45. The fourth-order valence-electron chi connectivity index (χ4n) is 2.42. The van der Waals surface area contributed by atoms with Crippen molar-refractivity contribution in [3.63, 3.8) is 0 Å². The van der Waals surface area contributed by atoms with Crippen LogP contribution >= 0.6 is 0 Å². The van der Waals surface area contributed by atoms with Gasteiger partial charge in [0.05, 0.1) is 16.0 Å². The first-order valence-electron chi connectivity index (χ1n) is 6.61. The maximum absolute atomic E-state index is 10.9. The molecule has 7 heteroatoms. The number of imidazole rings is 1. The highest BCUT2D eigenvalue weighted by molar-refractivity contribution is 5.79. The molecule has 0 amide bonds. The fraction of sp³-hybridized carbons (Fsp3) is 0.286. The number of hydrogen-bond donors (Lipinski definition) is 0. The second-order valence-corrected chi connectivity index (χ2v) is 4.81. The molecule has 0 saturated heterocycles. The van der Waals surface area contributed by atoms with Crippen molar-refractivity contribution in [2.24, 2.45) is 5.16 Å². The van der Waals surface area contributed by atoms with Crippen LogP contribution in [0, 0.1) is 10.1 Å². The van der Waals surface area contributed by atoms with Gasteiger partial charge in [0.2, 0.25) is 0 Å². The summed E-state index contributed by atoms with van der Waals surface area (Å²) in [5.74, 6) is 0.820. The topological polar surface area (TPSA) is 82.5 Å². The third kappa shape index (κ3) is 2.49. The molecule has 1 aliphatic heterocycles. The monoisotopic (exact) mass is 286 g/mol. The first kappa shape index (κ1) is 13.3. The summed E-state index contributed by atoms with van der Waals surface area (Å²) in [6.45, 7) is 4.28. The van der Waals surface area contributed by atoms with Crippen molar-refractivity contribution in [1.29, 1.82) is 0 Å². The smallest absolute Gasteiger partial charge is 0.271 e. The lowest BCUT2D eigenvalue weighted by atomic mass is 10.2. The molecule has 0 radical (unpaired) electrons. The van der Waals surface area contributed by atoms with E-state index in [0.29, 0.717) is 13.0 Å². The van der Waals surface area contributed by atoms with Crippen LogP contribution in [0.4, 0.5) is 5.69 Å². The van der Waals surface area contributed by atoms with E-state index in [0.717, 1.165) is 23.3 Å². The Kier molecular flexibility index (Phi) is 3.39. The number of rotatable bonds is 5. The van der Waals surface area contributed by atoms with E-state index in [2.05, 4.69) is 16.7 Å². The van der Waals surface area contributed by atoms with E-state index in [1.54, 1.807) is 24.4 Å². The van der Waals surface area contributed by atoms with Gasteiger partial charge in [-0.1, -0.05) is 11.2 Å². The number of non-ortho nitro benzene ring substituents is 1. The molecule has 0 aliphatic carbocycles. The van der Waals surface area contributed by atoms with Gasteiger partial charge in [0, 0.05) is 37.7 Å². The van der Waals surface area contributed by atoms with Crippen molar-refractivity contribution in [2.45, 2.75) is 25.5 Å². The number of nitro benzene ring substituents is 1. The van der Waals surface area contributed by atoms with Crippen molar-refractivity contribution in [2.75, 3.05) is 0 Å². The SMILES string of the molecule is C=CCn1c(CC2CC=NO2)nc2ccc([N+](=O)[O-])cc21. The molecule has 1 aromatic heterocycles. The van der Waals surface area contributed by atoms with Gasteiger partial charge in [-0.05, 0) is 6.07 Å². The molecule has 1 atom stereocenters. The van der Waals surface area contributed by atoms with Gasteiger partial charge in [-0.15, -0.1) is 6.58 Å². The quantitative estimate of drug-likeness (QED) is 0.480. The van der Waals surface area contributed by atoms with E-state index >= 15 is 0 Å². The van der Waals surface area contributed by atoms with Crippen molar-refractivity contribution < 1.29 is 9.76 Å². The van der Waals surface area contributed by atoms with Gasteiger partial charge in [-0.2, -0.15) is 0 Å². The summed E-state index contributed by atoms with van der Waals surface area (Å²) in [6.07, 6.45) is 4.81. The number of aromatic nitrogens is 2. The minimum atomic E-state index is -0.404. The average molecular weight is 286 g/mol. The van der Waals surface area contributed by atoms with E-state index in [1.807, 2.05) is 4.57 Å². The number of hydrogen-bond acceptors (Lipinski definition) is 5. The molecule has 2 aromatic rings. The number of benzene rings is 1. The van der Waals surface area contributed by atoms with E-state index in [1.165, 1.54) is 6.07 Å². The molecule has 0 saturated carbocycles. The number of nitro groups is 1. The van der Waals surface area contributed by atoms with E-state index in [9.17, 15) is 10.1 Å². The molecule has 0 spiro atoms. The lowest BCUT2D eigenvalue weighted by molar-refractivity contribution is -0.384. The first-order valence-corrected chi connectivity index (χ1v) is 6.61. The molecule has 0 fully saturated rings. The Morgan fingerprint density at radius 3 is 3.10 bits per heavy atom. The van der Waals surface area contributed by atoms with Crippen molar-refractivity contribution in [3.05, 3.63) is 46.8 Å². The summed E-state index contributed by atoms with van der Waals surface area (Å²) < 4.78 is 1.93. The Morgan fingerprint density at radius 1 is 1.57 bits per heavy atom. The Morgan fingerprint density at radius 2 is 2.43 bits per heavy atom. The third-order valence-corrected chi connectivity index (χ3v) is 3.40. The van der Waals surface area contributed by atoms with Crippen molar-refractivity contribution in [3.8, 4) is 0 Å². The summed E-state index contributed by atoms with van der Waals surface area (Å²) in [7, 11) is 0. The van der Waals surface area contributed by atoms with Crippen LogP contribution < -0.4 is 0 Å². The summed E-state index contributed by atoms with van der Waals surface area (Å²) in [5, 5.41) is 14.7. The second-order valence-electron chi connectivity index (χ2n) is 4.81. The number of nitrogens with zero attached hydrogens (tertiary/aromatic N) is 4. The Labute approximate surface area is 120 Å². The summed E-state index contributed by atoms with van der Waals surface area (Å²) in [6, 6.07) is 4.68. The van der Waals surface area contributed by atoms with Crippen LogP contribution in [-0.2, 0) is 17.8 Å².